The molecule has 0 heterocycles. The van der Waals surface area contributed by atoms with Crippen LogP contribution in [-0.2, 0) is 6.18 Å². The zero-order valence-corrected chi connectivity index (χ0v) is 13.3. The van der Waals surface area contributed by atoms with Crippen LogP contribution in [-0.4, -0.2) is 5.91 Å². The van der Waals surface area contributed by atoms with Gasteiger partial charge in [0.1, 0.15) is 0 Å². The SMILES string of the molecule is O=C(Nc1cc(Cl)cc(C(F)(F)F)c1)c1cccc(I)c1. The highest BCUT2D eigenvalue weighted by molar-refractivity contribution is 14.1. The quantitative estimate of drug-likeness (QED) is 0.657. The number of carbonyl (C=O) groups is 1. The van der Waals surface area contributed by atoms with Crippen LogP contribution < -0.4 is 5.32 Å². The first-order valence-electron chi connectivity index (χ1n) is 5.70. The Bertz CT molecular complexity index is 688. The second kappa shape index (κ2) is 6.23. The highest BCUT2D eigenvalue weighted by atomic mass is 127. The van der Waals surface area contributed by atoms with Gasteiger partial charge in [0, 0.05) is 19.8 Å². The molecule has 0 aliphatic heterocycles. The molecule has 0 aromatic heterocycles. The van der Waals surface area contributed by atoms with E-state index in [-0.39, 0.29) is 10.7 Å². The third-order valence-corrected chi connectivity index (χ3v) is 3.46. The normalized spacial score (nSPS) is 11.3. The molecule has 2 nitrogen and oxygen atoms in total. The van der Waals surface area contributed by atoms with Gasteiger partial charge in [-0.1, -0.05) is 17.7 Å². The number of halogens is 5. The molecule has 0 aliphatic carbocycles. The number of carbonyl (C=O) groups excluding carboxylic acids is 1. The fourth-order valence-electron chi connectivity index (χ4n) is 1.66. The van der Waals surface area contributed by atoms with E-state index in [1.165, 1.54) is 6.07 Å². The van der Waals surface area contributed by atoms with Crippen LogP contribution in [0, 0.1) is 3.57 Å². The monoisotopic (exact) mass is 425 g/mol. The standard InChI is InChI=1S/C14H8ClF3INO/c15-10-5-9(14(16,17)18)6-12(7-10)20-13(21)8-2-1-3-11(19)4-8/h1-7H,(H,20,21). The van der Waals surface area contributed by atoms with Gasteiger partial charge in [-0.05, 0) is 59.0 Å². The van der Waals surface area contributed by atoms with E-state index in [9.17, 15) is 18.0 Å². The van der Waals surface area contributed by atoms with Gasteiger partial charge >= 0.3 is 6.18 Å². The number of hydrogen-bond acceptors (Lipinski definition) is 1. The molecular formula is C14H8ClF3INO. The highest BCUT2D eigenvalue weighted by Gasteiger charge is 2.31. The largest absolute Gasteiger partial charge is 0.416 e. The molecule has 2 aromatic carbocycles. The van der Waals surface area contributed by atoms with E-state index in [0.29, 0.717) is 5.56 Å². The Morgan fingerprint density at radius 1 is 1.14 bits per heavy atom. The topological polar surface area (TPSA) is 29.1 Å². The highest BCUT2D eigenvalue weighted by Crippen LogP contribution is 2.33. The van der Waals surface area contributed by atoms with Gasteiger partial charge in [-0.3, -0.25) is 4.79 Å². The zero-order chi connectivity index (χ0) is 15.6. The second-order valence-electron chi connectivity index (χ2n) is 4.19. The Balaban J connectivity index is 2.27. The second-order valence-corrected chi connectivity index (χ2v) is 5.87. The van der Waals surface area contributed by atoms with Gasteiger partial charge in [0.15, 0.2) is 0 Å². The first-order valence-corrected chi connectivity index (χ1v) is 7.16. The Kier molecular flexibility index (Phi) is 4.77. The van der Waals surface area contributed by atoms with Crippen molar-refractivity contribution in [3.8, 4) is 0 Å². The number of rotatable bonds is 2. The lowest BCUT2D eigenvalue weighted by Crippen LogP contribution is -2.13. The molecular weight excluding hydrogens is 418 g/mol. The number of alkyl halides is 3. The summed E-state index contributed by atoms with van der Waals surface area (Å²) in [5, 5.41) is 2.32. The van der Waals surface area contributed by atoms with Crippen LogP contribution in [0.3, 0.4) is 0 Å². The molecule has 110 valence electrons. The van der Waals surface area contributed by atoms with Crippen LogP contribution in [0.15, 0.2) is 42.5 Å². The van der Waals surface area contributed by atoms with Crippen LogP contribution in [0.25, 0.3) is 0 Å². The molecule has 7 heteroatoms. The number of nitrogens with one attached hydrogen (secondary N) is 1. The van der Waals surface area contributed by atoms with Crippen molar-refractivity contribution in [2.24, 2.45) is 0 Å². The summed E-state index contributed by atoms with van der Waals surface area (Å²) in [4.78, 5) is 12.0. The summed E-state index contributed by atoms with van der Waals surface area (Å²) in [5.41, 5.74) is -0.554. The number of benzene rings is 2. The van der Waals surface area contributed by atoms with E-state index in [0.717, 1.165) is 15.7 Å². The smallest absolute Gasteiger partial charge is 0.322 e. The van der Waals surface area contributed by atoms with Crippen molar-refractivity contribution in [1.29, 1.82) is 0 Å². The summed E-state index contributed by atoms with van der Waals surface area (Å²) in [7, 11) is 0. The molecule has 1 amide bonds. The average molecular weight is 426 g/mol. The molecule has 0 saturated heterocycles. The van der Waals surface area contributed by atoms with Gasteiger partial charge in [-0.2, -0.15) is 13.2 Å². The van der Waals surface area contributed by atoms with Crippen LogP contribution in [0.5, 0.6) is 0 Å². The maximum atomic E-state index is 12.7. The van der Waals surface area contributed by atoms with Gasteiger partial charge in [0.2, 0.25) is 0 Å². The maximum Gasteiger partial charge on any atom is 0.416 e. The molecule has 0 bridgehead atoms. The third-order valence-electron chi connectivity index (χ3n) is 2.57. The van der Waals surface area contributed by atoms with Crippen molar-refractivity contribution >= 4 is 45.8 Å². The van der Waals surface area contributed by atoms with Gasteiger partial charge in [0.25, 0.3) is 5.91 Å². The summed E-state index contributed by atoms with van der Waals surface area (Å²) in [6.45, 7) is 0. The maximum absolute atomic E-state index is 12.7. The molecule has 2 aromatic rings. The fourth-order valence-corrected chi connectivity index (χ4v) is 2.44. The summed E-state index contributed by atoms with van der Waals surface area (Å²) < 4.78 is 38.9. The Labute approximate surface area is 137 Å². The van der Waals surface area contributed by atoms with Crippen molar-refractivity contribution < 1.29 is 18.0 Å². The summed E-state index contributed by atoms with van der Waals surface area (Å²) in [6, 6.07) is 9.62. The predicted octanol–water partition coefficient (Wildman–Crippen LogP) is 5.22. The van der Waals surface area contributed by atoms with E-state index in [1.807, 2.05) is 22.6 Å². The molecule has 0 unspecified atom stereocenters. The van der Waals surface area contributed by atoms with Crippen LogP contribution in [0.4, 0.5) is 18.9 Å². The first-order chi connectivity index (χ1) is 9.75. The van der Waals surface area contributed by atoms with Gasteiger partial charge < -0.3 is 5.32 Å². The van der Waals surface area contributed by atoms with Crippen LogP contribution >= 0.6 is 34.2 Å². The van der Waals surface area contributed by atoms with E-state index < -0.39 is 17.6 Å². The van der Waals surface area contributed by atoms with E-state index in [2.05, 4.69) is 5.32 Å². The Morgan fingerprint density at radius 2 is 1.86 bits per heavy atom. The van der Waals surface area contributed by atoms with Crippen molar-refractivity contribution in [2.45, 2.75) is 6.18 Å². The van der Waals surface area contributed by atoms with Crippen molar-refractivity contribution in [3.63, 3.8) is 0 Å². The molecule has 21 heavy (non-hydrogen) atoms. The minimum Gasteiger partial charge on any atom is -0.322 e. The lowest BCUT2D eigenvalue weighted by molar-refractivity contribution is -0.137. The summed E-state index contributed by atoms with van der Waals surface area (Å²) >= 11 is 7.70. The van der Waals surface area contributed by atoms with E-state index in [4.69, 9.17) is 11.6 Å². The van der Waals surface area contributed by atoms with Crippen molar-refractivity contribution in [1.82, 2.24) is 0 Å². The molecule has 0 saturated carbocycles. The number of hydrogen-bond donors (Lipinski definition) is 1. The minimum absolute atomic E-state index is 0.00122. The molecule has 1 N–H and O–H groups in total. The number of anilines is 1. The summed E-state index contributed by atoms with van der Waals surface area (Å²) in [5.74, 6) is -0.496. The fraction of sp³-hybridized carbons (Fsp3) is 0.0714. The molecule has 0 fully saturated rings. The van der Waals surface area contributed by atoms with Crippen molar-refractivity contribution in [2.75, 3.05) is 5.32 Å². The predicted molar refractivity (Wildman–Crippen MR) is 83.6 cm³/mol. The molecule has 0 aliphatic rings. The van der Waals surface area contributed by atoms with Gasteiger partial charge in [0.05, 0.1) is 5.56 Å². The molecule has 0 atom stereocenters. The molecule has 0 radical (unpaired) electrons. The first kappa shape index (κ1) is 16.1. The Morgan fingerprint density at radius 3 is 2.48 bits per heavy atom. The third kappa shape index (κ3) is 4.34. The lowest BCUT2D eigenvalue weighted by atomic mass is 10.1. The zero-order valence-electron chi connectivity index (χ0n) is 10.3. The van der Waals surface area contributed by atoms with Crippen LogP contribution in [0.2, 0.25) is 5.02 Å². The van der Waals surface area contributed by atoms with E-state index >= 15 is 0 Å². The van der Waals surface area contributed by atoms with Crippen LogP contribution in [0.1, 0.15) is 15.9 Å². The van der Waals surface area contributed by atoms with Gasteiger partial charge in [-0.25, -0.2) is 0 Å². The lowest BCUT2D eigenvalue weighted by Gasteiger charge is -2.11. The van der Waals surface area contributed by atoms with Crippen molar-refractivity contribution in [3.05, 3.63) is 62.2 Å². The number of amides is 1. The minimum atomic E-state index is -4.52. The van der Waals surface area contributed by atoms with E-state index in [1.54, 1.807) is 24.3 Å². The molecule has 2 rings (SSSR count). The average Bonchev–Trinajstić information content (AvgIpc) is 2.37. The summed E-state index contributed by atoms with van der Waals surface area (Å²) in [6.07, 6.45) is -4.52. The Hall–Kier alpha value is -1.28. The molecule has 0 spiro atoms. The van der Waals surface area contributed by atoms with Gasteiger partial charge in [-0.15, -0.1) is 0 Å².